The molecule has 5 nitrogen and oxygen atoms in total. The summed E-state index contributed by atoms with van der Waals surface area (Å²) in [4.78, 5) is 17.9. The fraction of sp³-hybridized carbons (Fsp3) is 0.538. The molecule has 0 atom stereocenters. The number of nitrogens with two attached hydrogens (primary N) is 1. The summed E-state index contributed by atoms with van der Waals surface area (Å²) in [6, 6.07) is 3.42. The molecule has 106 valence electrons. The highest BCUT2D eigenvalue weighted by atomic mass is 32.2. The Labute approximate surface area is 119 Å². The lowest BCUT2D eigenvalue weighted by atomic mass is 10.4. The second kappa shape index (κ2) is 8.77. The van der Waals surface area contributed by atoms with E-state index in [1.165, 1.54) is 0 Å². The summed E-state index contributed by atoms with van der Waals surface area (Å²) in [6.45, 7) is 7.43. The lowest BCUT2D eigenvalue weighted by Gasteiger charge is -2.17. The summed E-state index contributed by atoms with van der Waals surface area (Å²) in [6.07, 6.45) is 1.56. The minimum absolute atomic E-state index is 0.00359. The third-order valence-corrected chi connectivity index (χ3v) is 3.69. The van der Waals surface area contributed by atoms with E-state index in [1.54, 1.807) is 30.1 Å². The van der Waals surface area contributed by atoms with Gasteiger partial charge in [-0.1, -0.05) is 13.8 Å². The van der Waals surface area contributed by atoms with E-state index >= 15 is 0 Å². The number of anilines is 2. The largest absolute Gasteiger partial charge is 0.384 e. The van der Waals surface area contributed by atoms with Crippen molar-refractivity contribution < 1.29 is 4.79 Å². The second-order valence-corrected chi connectivity index (χ2v) is 5.20. The maximum absolute atomic E-state index is 11.7. The number of nitrogen functional groups attached to an aromatic ring is 1. The molecule has 0 aliphatic rings. The van der Waals surface area contributed by atoms with Gasteiger partial charge < -0.3 is 16.0 Å². The Balaban J connectivity index is 2.19. The quantitative estimate of drug-likeness (QED) is 0.710. The van der Waals surface area contributed by atoms with Crippen LogP contribution in [0.25, 0.3) is 0 Å². The van der Waals surface area contributed by atoms with Gasteiger partial charge in [0.2, 0.25) is 5.91 Å². The number of aromatic nitrogens is 1. The van der Waals surface area contributed by atoms with E-state index in [9.17, 15) is 4.79 Å². The Morgan fingerprint density at radius 2 is 2.16 bits per heavy atom. The van der Waals surface area contributed by atoms with E-state index in [2.05, 4.69) is 29.0 Å². The fourth-order valence-electron chi connectivity index (χ4n) is 1.57. The molecule has 0 saturated carbocycles. The van der Waals surface area contributed by atoms with Crippen molar-refractivity contribution in [2.24, 2.45) is 0 Å². The van der Waals surface area contributed by atoms with Gasteiger partial charge in [0.1, 0.15) is 5.82 Å². The Hall–Kier alpha value is -1.27. The van der Waals surface area contributed by atoms with Gasteiger partial charge in [0.25, 0.3) is 0 Å². The average molecular weight is 282 g/mol. The summed E-state index contributed by atoms with van der Waals surface area (Å²) >= 11 is 1.64. The Morgan fingerprint density at radius 3 is 2.74 bits per heavy atom. The molecule has 0 spiro atoms. The summed E-state index contributed by atoms with van der Waals surface area (Å²) in [5, 5.41) is 2.79. The van der Waals surface area contributed by atoms with Crippen molar-refractivity contribution in [2.75, 3.05) is 42.2 Å². The van der Waals surface area contributed by atoms with Gasteiger partial charge in [-0.25, -0.2) is 4.98 Å². The van der Waals surface area contributed by atoms with Crippen molar-refractivity contribution in [2.45, 2.75) is 13.8 Å². The number of amides is 1. The molecular formula is C13H22N4OS. The first-order valence-electron chi connectivity index (χ1n) is 6.47. The number of hydrogen-bond acceptors (Lipinski definition) is 5. The normalized spacial score (nSPS) is 10.7. The predicted molar refractivity (Wildman–Crippen MR) is 82.4 cm³/mol. The SMILES string of the molecule is CCN(CC)CCSCC(=O)Nc1ccc(N)nc1. The lowest BCUT2D eigenvalue weighted by Crippen LogP contribution is -2.26. The van der Waals surface area contributed by atoms with Crippen LogP contribution in [0.1, 0.15) is 13.8 Å². The first-order valence-corrected chi connectivity index (χ1v) is 7.62. The highest BCUT2D eigenvalue weighted by Crippen LogP contribution is 2.08. The molecule has 1 aromatic rings. The van der Waals surface area contributed by atoms with Crippen LogP contribution < -0.4 is 11.1 Å². The smallest absolute Gasteiger partial charge is 0.234 e. The second-order valence-electron chi connectivity index (χ2n) is 4.10. The minimum Gasteiger partial charge on any atom is -0.384 e. The molecule has 0 aliphatic heterocycles. The number of carbonyl (C=O) groups is 1. The first kappa shape index (κ1) is 15.8. The number of carbonyl (C=O) groups excluding carboxylic acids is 1. The molecule has 1 amide bonds. The zero-order valence-electron chi connectivity index (χ0n) is 11.6. The maximum atomic E-state index is 11.7. The van der Waals surface area contributed by atoms with Gasteiger partial charge in [-0.3, -0.25) is 4.79 Å². The fourth-order valence-corrected chi connectivity index (χ4v) is 2.36. The molecule has 3 N–H and O–H groups in total. The molecule has 19 heavy (non-hydrogen) atoms. The topological polar surface area (TPSA) is 71.2 Å². The van der Waals surface area contributed by atoms with Gasteiger partial charge in [-0.05, 0) is 25.2 Å². The molecule has 0 aromatic carbocycles. The van der Waals surface area contributed by atoms with Crippen LogP contribution in [0, 0.1) is 0 Å². The van der Waals surface area contributed by atoms with Crippen molar-refractivity contribution in [3.05, 3.63) is 18.3 Å². The van der Waals surface area contributed by atoms with Crippen molar-refractivity contribution in [3.8, 4) is 0 Å². The highest BCUT2D eigenvalue weighted by Gasteiger charge is 2.04. The van der Waals surface area contributed by atoms with Crippen LogP contribution in [0.5, 0.6) is 0 Å². The molecule has 1 heterocycles. The molecule has 1 rings (SSSR count). The molecular weight excluding hydrogens is 260 g/mol. The Morgan fingerprint density at radius 1 is 1.42 bits per heavy atom. The zero-order valence-corrected chi connectivity index (χ0v) is 12.4. The van der Waals surface area contributed by atoms with Crippen molar-refractivity contribution >= 4 is 29.2 Å². The van der Waals surface area contributed by atoms with E-state index in [1.807, 2.05) is 0 Å². The highest BCUT2D eigenvalue weighted by molar-refractivity contribution is 7.99. The standard InChI is InChI=1S/C13H22N4OS/c1-3-17(4-2)7-8-19-10-13(18)16-11-5-6-12(14)15-9-11/h5-6,9H,3-4,7-8,10H2,1-2H3,(H2,14,15)(H,16,18). The Kier molecular flexibility index (Phi) is 7.28. The molecule has 6 heteroatoms. The predicted octanol–water partition coefficient (Wildman–Crippen LogP) is 1.68. The van der Waals surface area contributed by atoms with Gasteiger partial charge in [0.05, 0.1) is 17.6 Å². The summed E-state index contributed by atoms with van der Waals surface area (Å²) in [7, 11) is 0. The van der Waals surface area contributed by atoms with Crippen molar-refractivity contribution in [3.63, 3.8) is 0 Å². The molecule has 0 saturated heterocycles. The van der Waals surface area contributed by atoms with E-state index < -0.39 is 0 Å². The van der Waals surface area contributed by atoms with Crippen LogP contribution in [0.4, 0.5) is 11.5 Å². The summed E-state index contributed by atoms with van der Waals surface area (Å²) < 4.78 is 0. The maximum Gasteiger partial charge on any atom is 0.234 e. The van der Waals surface area contributed by atoms with Gasteiger partial charge in [0.15, 0.2) is 0 Å². The van der Waals surface area contributed by atoms with Crippen LogP contribution in [-0.4, -0.2) is 46.9 Å². The van der Waals surface area contributed by atoms with Crippen LogP contribution in [0.15, 0.2) is 18.3 Å². The van der Waals surface area contributed by atoms with Crippen molar-refractivity contribution in [1.29, 1.82) is 0 Å². The van der Waals surface area contributed by atoms with Crippen LogP contribution in [-0.2, 0) is 4.79 Å². The molecule has 0 unspecified atom stereocenters. The monoisotopic (exact) mass is 282 g/mol. The molecule has 0 bridgehead atoms. The summed E-state index contributed by atoms with van der Waals surface area (Å²) in [5.41, 5.74) is 6.16. The average Bonchev–Trinajstić information content (AvgIpc) is 2.42. The van der Waals surface area contributed by atoms with E-state index in [4.69, 9.17) is 5.73 Å². The number of rotatable bonds is 8. The number of nitrogens with zero attached hydrogens (tertiary/aromatic N) is 2. The van der Waals surface area contributed by atoms with Gasteiger partial charge in [-0.2, -0.15) is 11.8 Å². The minimum atomic E-state index is -0.00359. The molecule has 0 radical (unpaired) electrons. The van der Waals surface area contributed by atoms with Crippen molar-refractivity contribution in [1.82, 2.24) is 9.88 Å². The third kappa shape index (κ3) is 6.45. The van der Waals surface area contributed by atoms with E-state index in [0.29, 0.717) is 17.3 Å². The number of thioether (sulfide) groups is 1. The number of hydrogen-bond donors (Lipinski definition) is 2. The number of pyridine rings is 1. The van der Waals surface area contributed by atoms with E-state index in [0.717, 1.165) is 25.4 Å². The zero-order chi connectivity index (χ0) is 14.1. The first-order chi connectivity index (χ1) is 9.15. The van der Waals surface area contributed by atoms with Gasteiger partial charge in [-0.15, -0.1) is 0 Å². The Bertz CT molecular complexity index is 379. The van der Waals surface area contributed by atoms with Gasteiger partial charge >= 0.3 is 0 Å². The molecule has 1 aromatic heterocycles. The molecule has 0 aliphatic carbocycles. The lowest BCUT2D eigenvalue weighted by molar-refractivity contribution is -0.113. The third-order valence-electron chi connectivity index (χ3n) is 2.75. The van der Waals surface area contributed by atoms with Crippen LogP contribution in [0.2, 0.25) is 0 Å². The van der Waals surface area contributed by atoms with Crippen LogP contribution in [0.3, 0.4) is 0 Å². The van der Waals surface area contributed by atoms with Crippen LogP contribution >= 0.6 is 11.8 Å². The molecule has 0 fully saturated rings. The number of nitrogens with one attached hydrogen (secondary N) is 1. The summed E-state index contributed by atoms with van der Waals surface area (Å²) in [5.74, 6) is 1.88. The van der Waals surface area contributed by atoms with Gasteiger partial charge in [0, 0.05) is 12.3 Å². The van der Waals surface area contributed by atoms with E-state index in [-0.39, 0.29) is 5.91 Å².